The predicted octanol–water partition coefficient (Wildman–Crippen LogP) is 2.16. The quantitative estimate of drug-likeness (QED) is 0.831. The van der Waals surface area contributed by atoms with E-state index in [9.17, 15) is 9.59 Å². The summed E-state index contributed by atoms with van der Waals surface area (Å²) >= 11 is 1.47. The number of nitrogens with zero attached hydrogens (tertiary/aromatic N) is 2. The number of nitriles is 1. The number of aromatic nitrogens is 1. The van der Waals surface area contributed by atoms with E-state index >= 15 is 0 Å². The van der Waals surface area contributed by atoms with Crippen LogP contribution in [0.2, 0.25) is 0 Å². The number of amides is 2. The van der Waals surface area contributed by atoms with E-state index in [-0.39, 0.29) is 24.8 Å². The molecule has 1 fully saturated rings. The van der Waals surface area contributed by atoms with Gasteiger partial charge in [0, 0.05) is 0 Å². The molecule has 0 aliphatic heterocycles. The molecule has 0 atom stereocenters. The predicted molar refractivity (Wildman–Crippen MR) is 96.8 cm³/mol. The van der Waals surface area contributed by atoms with Crippen LogP contribution in [0.4, 0.5) is 0 Å². The lowest BCUT2D eigenvalue weighted by molar-refractivity contribution is -0.126. The molecule has 1 aliphatic carbocycles. The van der Waals surface area contributed by atoms with Gasteiger partial charge in [-0.3, -0.25) is 9.59 Å². The first kappa shape index (κ1) is 17.1. The Balaban J connectivity index is 1.55. The molecular formula is C18H18N4O2S. The van der Waals surface area contributed by atoms with Crippen molar-refractivity contribution in [1.29, 1.82) is 5.26 Å². The van der Waals surface area contributed by atoms with E-state index in [1.54, 1.807) is 0 Å². The zero-order chi connectivity index (χ0) is 17.9. The van der Waals surface area contributed by atoms with Gasteiger partial charge in [-0.15, -0.1) is 11.3 Å². The molecule has 3 rings (SSSR count). The molecule has 1 aromatic heterocycles. The van der Waals surface area contributed by atoms with E-state index in [0.29, 0.717) is 17.8 Å². The summed E-state index contributed by atoms with van der Waals surface area (Å²) in [4.78, 5) is 28.2. The van der Waals surface area contributed by atoms with Crippen LogP contribution in [-0.2, 0) is 16.0 Å². The summed E-state index contributed by atoms with van der Waals surface area (Å²) < 4.78 is 1.03. The Labute approximate surface area is 149 Å². The van der Waals surface area contributed by atoms with Crippen molar-refractivity contribution in [2.75, 3.05) is 6.54 Å². The molecule has 0 saturated heterocycles. The van der Waals surface area contributed by atoms with Crippen molar-refractivity contribution in [2.24, 2.45) is 0 Å². The van der Waals surface area contributed by atoms with Gasteiger partial charge < -0.3 is 10.6 Å². The highest BCUT2D eigenvalue weighted by Crippen LogP contribution is 2.34. The third-order valence-electron chi connectivity index (χ3n) is 3.92. The highest BCUT2D eigenvalue weighted by Gasteiger charge is 2.44. The van der Waals surface area contributed by atoms with E-state index in [2.05, 4.69) is 21.7 Å². The van der Waals surface area contributed by atoms with Crippen molar-refractivity contribution in [1.82, 2.24) is 15.6 Å². The summed E-state index contributed by atoms with van der Waals surface area (Å²) in [5.41, 5.74) is 1.25. The van der Waals surface area contributed by atoms with Crippen LogP contribution in [0.3, 0.4) is 0 Å². The fourth-order valence-electron chi connectivity index (χ4n) is 2.44. The Kier molecular flexibility index (Phi) is 4.81. The van der Waals surface area contributed by atoms with Gasteiger partial charge in [0.1, 0.15) is 10.5 Å². The normalized spacial score (nSPS) is 15.0. The minimum Gasteiger partial charge on any atom is -0.347 e. The molecule has 1 heterocycles. The fourth-order valence-corrected chi connectivity index (χ4v) is 3.45. The molecule has 0 bridgehead atoms. The van der Waals surface area contributed by atoms with Crippen molar-refractivity contribution in [3.05, 3.63) is 34.8 Å². The average Bonchev–Trinajstić information content (AvgIpc) is 3.24. The van der Waals surface area contributed by atoms with Gasteiger partial charge in [-0.05, 0) is 37.5 Å². The van der Waals surface area contributed by atoms with E-state index < -0.39 is 5.54 Å². The third kappa shape index (κ3) is 4.22. The average molecular weight is 354 g/mol. The Morgan fingerprint density at radius 2 is 2.20 bits per heavy atom. The molecule has 6 nitrogen and oxygen atoms in total. The van der Waals surface area contributed by atoms with Crippen molar-refractivity contribution in [3.8, 4) is 6.07 Å². The first-order valence-electron chi connectivity index (χ1n) is 8.05. The SMILES string of the molecule is CC=Cc1ccc2nc(CC(=O)NCC(=O)NC3(C#N)CC3)sc2c1. The fraction of sp³-hybridized carbons (Fsp3) is 0.333. The second-order valence-corrected chi connectivity index (χ2v) is 7.15. The number of carbonyl (C=O) groups excluding carboxylic acids is 2. The number of rotatable bonds is 6. The van der Waals surface area contributed by atoms with Crippen molar-refractivity contribution in [2.45, 2.75) is 31.7 Å². The lowest BCUT2D eigenvalue weighted by atomic mass is 10.2. The Bertz CT molecular complexity index is 890. The monoisotopic (exact) mass is 354 g/mol. The van der Waals surface area contributed by atoms with E-state index in [4.69, 9.17) is 5.26 Å². The molecular weight excluding hydrogens is 336 g/mol. The maximum atomic E-state index is 12.0. The number of nitrogens with one attached hydrogen (secondary N) is 2. The van der Waals surface area contributed by atoms with Crippen molar-refractivity contribution in [3.63, 3.8) is 0 Å². The lowest BCUT2D eigenvalue weighted by Gasteiger charge is -2.09. The van der Waals surface area contributed by atoms with Crippen LogP contribution < -0.4 is 10.6 Å². The van der Waals surface area contributed by atoms with Gasteiger partial charge in [0.25, 0.3) is 0 Å². The molecule has 2 aromatic rings. The minimum atomic E-state index is -0.709. The standard InChI is InChI=1S/C18H18N4O2S/c1-2-3-12-4-5-13-14(8-12)25-17(21-13)9-15(23)20-10-16(24)22-18(11-19)6-7-18/h2-5,8H,6-7,9-10H2,1H3,(H,20,23)(H,22,24). The van der Waals surface area contributed by atoms with E-state index in [0.717, 1.165) is 15.8 Å². The first-order valence-corrected chi connectivity index (χ1v) is 8.86. The van der Waals surface area contributed by atoms with Crippen LogP contribution >= 0.6 is 11.3 Å². The van der Waals surface area contributed by atoms with Crippen LogP contribution in [0, 0.1) is 11.3 Å². The zero-order valence-corrected chi connectivity index (χ0v) is 14.7. The Morgan fingerprint density at radius 1 is 1.40 bits per heavy atom. The van der Waals surface area contributed by atoms with Crippen molar-refractivity contribution >= 4 is 39.4 Å². The minimum absolute atomic E-state index is 0.126. The Morgan fingerprint density at radius 3 is 2.88 bits per heavy atom. The maximum absolute atomic E-state index is 12.0. The van der Waals surface area contributed by atoms with Crippen molar-refractivity contribution < 1.29 is 9.59 Å². The zero-order valence-electron chi connectivity index (χ0n) is 13.8. The first-order chi connectivity index (χ1) is 12.0. The largest absolute Gasteiger partial charge is 0.347 e. The van der Waals surface area contributed by atoms with Gasteiger partial charge >= 0.3 is 0 Å². The van der Waals surface area contributed by atoms with Crippen LogP contribution in [0.1, 0.15) is 30.3 Å². The number of thiazole rings is 1. The van der Waals surface area contributed by atoms with Crippen LogP contribution in [0.25, 0.3) is 16.3 Å². The summed E-state index contributed by atoms with van der Waals surface area (Å²) in [5.74, 6) is -0.600. The van der Waals surface area contributed by atoms with E-state index in [1.165, 1.54) is 11.3 Å². The van der Waals surface area contributed by atoms with E-state index in [1.807, 2.05) is 37.3 Å². The summed E-state index contributed by atoms with van der Waals surface area (Å²) in [7, 11) is 0. The summed E-state index contributed by atoms with van der Waals surface area (Å²) in [5, 5.41) is 14.9. The molecule has 0 radical (unpaired) electrons. The molecule has 0 unspecified atom stereocenters. The smallest absolute Gasteiger partial charge is 0.240 e. The molecule has 0 spiro atoms. The molecule has 2 amide bonds. The molecule has 1 aromatic carbocycles. The van der Waals surface area contributed by atoms with Gasteiger partial charge in [-0.1, -0.05) is 18.2 Å². The lowest BCUT2D eigenvalue weighted by Crippen LogP contribution is -2.43. The maximum Gasteiger partial charge on any atom is 0.240 e. The summed E-state index contributed by atoms with van der Waals surface area (Å²) in [6.07, 6.45) is 5.46. The molecule has 2 N–H and O–H groups in total. The number of fused-ring (bicyclic) bond motifs is 1. The second kappa shape index (κ2) is 7.03. The number of allylic oxidation sites excluding steroid dienone is 1. The number of benzene rings is 1. The molecule has 7 heteroatoms. The molecule has 1 aliphatic rings. The van der Waals surface area contributed by atoms with Gasteiger partial charge in [-0.2, -0.15) is 5.26 Å². The van der Waals surface area contributed by atoms with Gasteiger partial charge in [0.15, 0.2) is 0 Å². The Hall–Kier alpha value is -2.72. The summed E-state index contributed by atoms with van der Waals surface area (Å²) in [6.45, 7) is 1.84. The number of hydrogen-bond acceptors (Lipinski definition) is 5. The van der Waals surface area contributed by atoms with Crippen LogP contribution in [0.15, 0.2) is 24.3 Å². The number of carbonyl (C=O) groups is 2. The molecule has 1 saturated carbocycles. The highest BCUT2D eigenvalue weighted by molar-refractivity contribution is 7.18. The topological polar surface area (TPSA) is 94.9 Å². The highest BCUT2D eigenvalue weighted by atomic mass is 32.1. The van der Waals surface area contributed by atoms with Crippen LogP contribution in [-0.4, -0.2) is 28.9 Å². The van der Waals surface area contributed by atoms with Gasteiger partial charge in [0.2, 0.25) is 11.8 Å². The second-order valence-electron chi connectivity index (χ2n) is 6.03. The van der Waals surface area contributed by atoms with Gasteiger partial charge in [-0.25, -0.2) is 4.98 Å². The molecule has 25 heavy (non-hydrogen) atoms. The van der Waals surface area contributed by atoms with Gasteiger partial charge in [0.05, 0.1) is 29.3 Å². The number of hydrogen-bond donors (Lipinski definition) is 2. The third-order valence-corrected chi connectivity index (χ3v) is 4.93. The summed E-state index contributed by atoms with van der Waals surface area (Å²) in [6, 6.07) is 8.04. The van der Waals surface area contributed by atoms with Crippen LogP contribution in [0.5, 0.6) is 0 Å². The molecule has 128 valence electrons.